The summed E-state index contributed by atoms with van der Waals surface area (Å²) in [4.78, 5) is 26.7. The number of carbonyl (C=O) groups excluding carboxylic acids is 1. The van der Waals surface area contributed by atoms with Gasteiger partial charge in [0.15, 0.2) is 11.8 Å². The lowest BCUT2D eigenvalue weighted by Gasteiger charge is -2.07. The molecule has 1 amide bonds. The molecule has 2 aromatic rings. The minimum Gasteiger partial charge on any atom is -0.479 e. The first-order valence-corrected chi connectivity index (χ1v) is 5.91. The fourth-order valence-corrected chi connectivity index (χ4v) is 1.80. The predicted molar refractivity (Wildman–Crippen MR) is 68.4 cm³/mol. The maximum absolute atomic E-state index is 12.0. The van der Waals surface area contributed by atoms with Crippen LogP contribution in [0.4, 0.5) is 0 Å². The zero-order chi connectivity index (χ0) is 14.9. The minimum atomic E-state index is -1.64. The van der Waals surface area contributed by atoms with Crippen LogP contribution in [0.1, 0.15) is 21.7 Å². The maximum atomic E-state index is 12.0. The third-order valence-corrected chi connectivity index (χ3v) is 2.76. The van der Waals surface area contributed by atoms with Crippen LogP contribution in [0.25, 0.3) is 5.65 Å². The van der Waals surface area contributed by atoms with Crippen LogP contribution in [0, 0.1) is 13.8 Å². The molecule has 1 atom stereocenters. The molecule has 2 heterocycles. The van der Waals surface area contributed by atoms with E-state index < -0.39 is 18.0 Å². The molecule has 0 aliphatic rings. The number of amides is 1. The Morgan fingerprint density at radius 1 is 1.45 bits per heavy atom. The van der Waals surface area contributed by atoms with E-state index in [9.17, 15) is 9.59 Å². The number of hydrogen-bond acceptors (Lipinski definition) is 5. The van der Waals surface area contributed by atoms with Gasteiger partial charge in [-0.2, -0.15) is 5.10 Å². The molecule has 0 saturated carbocycles. The van der Waals surface area contributed by atoms with Crippen LogP contribution < -0.4 is 5.32 Å². The van der Waals surface area contributed by atoms with Gasteiger partial charge in [-0.15, -0.1) is 0 Å². The van der Waals surface area contributed by atoms with E-state index in [2.05, 4.69) is 15.4 Å². The third kappa shape index (κ3) is 2.59. The minimum absolute atomic E-state index is 0.231. The largest absolute Gasteiger partial charge is 0.479 e. The highest BCUT2D eigenvalue weighted by molar-refractivity contribution is 5.99. The number of aliphatic hydroxyl groups excluding tert-OH is 1. The summed E-state index contributed by atoms with van der Waals surface area (Å²) in [5.41, 5.74) is 2.20. The van der Waals surface area contributed by atoms with Gasteiger partial charge in [-0.3, -0.25) is 4.79 Å². The Balaban J connectivity index is 2.25. The Bertz CT molecular complexity index is 679. The Labute approximate surface area is 114 Å². The second kappa shape index (κ2) is 5.25. The van der Waals surface area contributed by atoms with Gasteiger partial charge in [-0.05, 0) is 19.9 Å². The smallest absolute Gasteiger partial charge is 0.334 e. The van der Waals surface area contributed by atoms with Crippen molar-refractivity contribution in [2.24, 2.45) is 0 Å². The normalized spacial score (nSPS) is 12.3. The lowest BCUT2D eigenvalue weighted by Crippen LogP contribution is -2.36. The van der Waals surface area contributed by atoms with Crippen molar-refractivity contribution in [2.75, 3.05) is 6.54 Å². The van der Waals surface area contributed by atoms with E-state index in [1.165, 1.54) is 10.7 Å². The molecule has 8 nitrogen and oxygen atoms in total. The second-order valence-corrected chi connectivity index (χ2v) is 4.40. The molecule has 0 saturated heterocycles. The van der Waals surface area contributed by atoms with Gasteiger partial charge in [0, 0.05) is 11.4 Å². The summed E-state index contributed by atoms with van der Waals surface area (Å²) in [6.45, 7) is 3.26. The van der Waals surface area contributed by atoms with E-state index in [0.717, 1.165) is 11.4 Å². The van der Waals surface area contributed by atoms with Crippen LogP contribution in [0.3, 0.4) is 0 Å². The molecule has 0 spiro atoms. The summed E-state index contributed by atoms with van der Waals surface area (Å²) < 4.78 is 1.52. The van der Waals surface area contributed by atoms with Crippen LogP contribution >= 0.6 is 0 Å². The number of nitrogens with one attached hydrogen (secondary N) is 1. The van der Waals surface area contributed by atoms with E-state index in [1.807, 2.05) is 13.0 Å². The monoisotopic (exact) mass is 278 g/mol. The molecule has 8 heteroatoms. The lowest BCUT2D eigenvalue weighted by atomic mass is 10.2. The Hall–Kier alpha value is -2.48. The van der Waals surface area contributed by atoms with Gasteiger partial charge in [-0.25, -0.2) is 14.3 Å². The van der Waals surface area contributed by atoms with Crippen molar-refractivity contribution >= 4 is 17.5 Å². The number of aromatic nitrogens is 3. The molecule has 20 heavy (non-hydrogen) atoms. The number of carboxylic acid groups (broad SMARTS) is 1. The molecule has 0 radical (unpaired) electrons. The van der Waals surface area contributed by atoms with E-state index in [0.29, 0.717) is 5.65 Å². The van der Waals surface area contributed by atoms with Gasteiger partial charge in [-0.1, -0.05) is 0 Å². The summed E-state index contributed by atoms with van der Waals surface area (Å²) >= 11 is 0. The highest BCUT2D eigenvalue weighted by Gasteiger charge is 2.18. The van der Waals surface area contributed by atoms with Gasteiger partial charge < -0.3 is 15.5 Å². The number of fused-ring (bicyclic) bond motifs is 1. The number of hydrogen-bond donors (Lipinski definition) is 3. The Kier molecular flexibility index (Phi) is 3.66. The topological polar surface area (TPSA) is 117 Å². The van der Waals surface area contributed by atoms with Gasteiger partial charge in [0.25, 0.3) is 5.91 Å². The predicted octanol–water partition coefficient (Wildman–Crippen LogP) is -0.479. The summed E-state index contributed by atoms with van der Waals surface area (Å²) in [6.07, 6.45) is -0.283. The highest BCUT2D eigenvalue weighted by atomic mass is 16.4. The quantitative estimate of drug-likeness (QED) is 0.695. The van der Waals surface area contributed by atoms with Crippen molar-refractivity contribution in [1.82, 2.24) is 19.9 Å². The summed E-state index contributed by atoms with van der Waals surface area (Å²) in [5, 5.41) is 24.1. The summed E-state index contributed by atoms with van der Waals surface area (Å²) in [5.74, 6) is -1.92. The van der Waals surface area contributed by atoms with Crippen molar-refractivity contribution in [3.8, 4) is 0 Å². The third-order valence-electron chi connectivity index (χ3n) is 2.76. The number of aliphatic hydroxyl groups is 1. The molecule has 2 aromatic heterocycles. The average Bonchev–Trinajstić information content (AvgIpc) is 2.79. The molecule has 0 aromatic carbocycles. The maximum Gasteiger partial charge on any atom is 0.334 e. The van der Waals surface area contributed by atoms with Crippen LogP contribution in [0.2, 0.25) is 0 Å². The molecular formula is C12H14N4O4. The lowest BCUT2D eigenvalue weighted by molar-refractivity contribution is -0.146. The van der Waals surface area contributed by atoms with Crippen molar-refractivity contribution in [3.63, 3.8) is 0 Å². The van der Waals surface area contributed by atoms with Gasteiger partial charge in [0.2, 0.25) is 0 Å². The van der Waals surface area contributed by atoms with Crippen LogP contribution in [0.15, 0.2) is 12.3 Å². The fourth-order valence-electron chi connectivity index (χ4n) is 1.80. The molecule has 0 aliphatic carbocycles. The van der Waals surface area contributed by atoms with Gasteiger partial charge in [0.1, 0.15) is 5.56 Å². The van der Waals surface area contributed by atoms with E-state index in [-0.39, 0.29) is 12.1 Å². The van der Waals surface area contributed by atoms with E-state index >= 15 is 0 Å². The molecule has 3 N–H and O–H groups in total. The van der Waals surface area contributed by atoms with Crippen LogP contribution in [-0.2, 0) is 4.79 Å². The van der Waals surface area contributed by atoms with Gasteiger partial charge >= 0.3 is 5.97 Å². The number of carbonyl (C=O) groups is 2. The second-order valence-electron chi connectivity index (χ2n) is 4.40. The zero-order valence-electron chi connectivity index (χ0n) is 11.0. The molecule has 106 valence electrons. The standard InChI is InChI=1S/C12H14N4O4/c1-6-3-7(2)16-10(15-6)8(4-14-16)11(18)13-5-9(17)12(19)20/h3-4,9,17H,5H2,1-2H3,(H,13,18)(H,19,20). The number of aryl methyl sites for hydroxylation is 2. The van der Waals surface area contributed by atoms with Crippen molar-refractivity contribution < 1.29 is 19.8 Å². The fraction of sp³-hybridized carbons (Fsp3) is 0.333. The van der Waals surface area contributed by atoms with Crippen molar-refractivity contribution in [2.45, 2.75) is 20.0 Å². The van der Waals surface area contributed by atoms with Crippen molar-refractivity contribution in [1.29, 1.82) is 0 Å². The molecular weight excluding hydrogens is 264 g/mol. The van der Waals surface area contributed by atoms with Crippen molar-refractivity contribution in [3.05, 3.63) is 29.2 Å². The highest BCUT2D eigenvalue weighted by Crippen LogP contribution is 2.11. The average molecular weight is 278 g/mol. The number of aliphatic carboxylic acids is 1. The number of rotatable bonds is 4. The van der Waals surface area contributed by atoms with E-state index in [1.54, 1.807) is 6.92 Å². The Morgan fingerprint density at radius 2 is 2.15 bits per heavy atom. The first kappa shape index (κ1) is 13.9. The molecule has 0 fully saturated rings. The molecule has 0 aliphatic heterocycles. The van der Waals surface area contributed by atoms with Crippen LogP contribution in [-0.4, -0.2) is 49.3 Å². The Morgan fingerprint density at radius 3 is 2.80 bits per heavy atom. The molecule has 1 unspecified atom stereocenters. The van der Waals surface area contributed by atoms with E-state index in [4.69, 9.17) is 10.2 Å². The first-order chi connectivity index (χ1) is 9.40. The summed E-state index contributed by atoms with van der Waals surface area (Å²) in [7, 11) is 0. The molecule has 2 rings (SSSR count). The van der Waals surface area contributed by atoms with Crippen LogP contribution in [0.5, 0.6) is 0 Å². The zero-order valence-corrected chi connectivity index (χ0v) is 11.0. The first-order valence-electron chi connectivity index (χ1n) is 5.91. The number of carboxylic acids is 1. The molecule has 0 bridgehead atoms. The SMILES string of the molecule is Cc1cc(C)n2ncc(C(=O)NCC(O)C(=O)O)c2n1. The number of nitrogens with zero attached hydrogens (tertiary/aromatic N) is 3. The van der Waals surface area contributed by atoms with Gasteiger partial charge in [0.05, 0.1) is 12.7 Å². The summed E-state index contributed by atoms with van der Waals surface area (Å²) in [6, 6.07) is 1.83.